The Labute approximate surface area is 195 Å². The monoisotopic (exact) mass is 463 g/mol. The first-order valence-corrected chi connectivity index (χ1v) is 10.9. The second-order valence-electron chi connectivity index (χ2n) is 8.10. The smallest absolute Gasteiger partial charge is 0.338 e. The fraction of sp³-hybridized carbons (Fsp3) is 0.185. The van der Waals surface area contributed by atoms with Gasteiger partial charge in [0.2, 0.25) is 0 Å². The molecule has 0 unspecified atom stereocenters. The molecule has 0 atom stereocenters. The zero-order valence-corrected chi connectivity index (χ0v) is 19.0. The molecule has 4 aromatic rings. The van der Waals surface area contributed by atoms with Gasteiger partial charge in [-0.25, -0.2) is 13.6 Å². The number of halogens is 2. The molecular weight excluding hydrogens is 440 g/mol. The van der Waals surface area contributed by atoms with Gasteiger partial charge >= 0.3 is 5.97 Å². The molecule has 34 heavy (non-hydrogen) atoms. The number of carbonyl (C=O) groups excluding carboxylic acids is 1. The molecule has 174 valence electrons. The van der Waals surface area contributed by atoms with E-state index < -0.39 is 23.2 Å². The van der Waals surface area contributed by atoms with Crippen molar-refractivity contribution in [2.45, 2.75) is 26.7 Å². The zero-order chi connectivity index (χ0) is 24.6. The molecule has 1 heterocycles. The molecular formula is C27H23F2NO4. The fourth-order valence-corrected chi connectivity index (χ4v) is 4.19. The maximum Gasteiger partial charge on any atom is 0.338 e. The fourth-order valence-electron chi connectivity index (χ4n) is 4.19. The number of aromatic carboxylic acids is 1. The van der Waals surface area contributed by atoms with Crippen molar-refractivity contribution in [2.24, 2.45) is 0 Å². The molecule has 4 rings (SSSR count). The predicted molar refractivity (Wildman–Crippen MR) is 126 cm³/mol. The first-order chi connectivity index (χ1) is 16.2. The van der Waals surface area contributed by atoms with Gasteiger partial charge in [0.05, 0.1) is 11.1 Å². The minimum absolute atomic E-state index is 0.284. The number of furan rings is 1. The van der Waals surface area contributed by atoms with Crippen LogP contribution in [-0.4, -0.2) is 24.0 Å². The van der Waals surface area contributed by atoms with Crippen molar-refractivity contribution in [1.82, 2.24) is 5.32 Å². The topological polar surface area (TPSA) is 79.5 Å². The molecule has 7 heteroatoms. The molecule has 0 fully saturated rings. The van der Waals surface area contributed by atoms with E-state index in [0.29, 0.717) is 45.4 Å². The van der Waals surface area contributed by atoms with Crippen molar-refractivity contribution in [1.29, 1.82) is 0 Å². The van der Waals surface area contributed by atoms with Gasteiger partial charge in [0.15, 0.2) is 0 Å². The van der Waals surface area contributed by atoms with Crippen molar-refractivity contribution < 1.29 is 27.9 Å². The number of benzene rings is 3. The summed E-state index contributed by atoms with van der Waals surface area (Å²) in [6, 6.07) is 11.8. The summed E-state index contributed by atoms with van der Waals surface area (Å²) < 4.78 is 33.8. The standard InChI is InChI=1S/C27H23F2NO4/c1-4-5-16-11-23-21(13-19(16)18-12-20(27(32)33)22(29)10-14(18)2)24(26(31)30-3)25(34-23)15-6-8-17(28)9-7-15/h6-13H,4-5H2,1-3H3,(H,30,31)(H,32,33). The lowest BCUT2D eigenvalue weighted by Gasteiger charge is -2.14. The van der Waals surface area contributed by atoms with E-state index in [0.717, 1.165) is 12.0 Å². The molecule has 0 aliphatic rings. The average molecular weight is 463 g/mol. The van der Waals surface area contributed by atoms with Crippen LogP contribution in [0.2, 0.25) is 0 Å². The third kappa shape index (κ3) is 4.05. The van der Waals surface area contributed by atoms with E-state index in [1.165, 1.54) is 43.4 Å². The number of fused-ring (bicyclic) bond motifs is 1. The molecule has 2 N–H and O–H groups in total. The van der Waals surface area contributed by atoms with Gasteiger partial charge in [-0.3, -0.25) is 4.79 Å². The molecule has 1 amide bonds. The Kier molecular flexibility index (Phi) is 6.20. The Bertz CT molecular complexity index is 1420. The summed E-state index contributed by atoms with van der Waals surface area (Å²) in [7, 11) is 1.51. The number of aryl methyl sites for hydroxylation is 2. The molecule has 0 saturated heterocycles. The quantitative estimate of drug-likeness (QED) is 0.349. The lowest BCUT2D eigenvalue weighted by atomic mass is 9.90. The lowest BCUT2D eigenvalue weighted by molar-refractivity contribution is 0.0691. The van der Waals surface area contributed by atoms with Gasteiger partial charge in [-0.15, -0.1) is 0 Å². The van der Waals surface area contributed by atoms with E-state index in [4.69, 9.17) is 4.42 Å². The van der Waals surface area contributed by atoms with Gasteiger partial charge in [0.1, 0.15) is 23.0 Å². The Morgan fingerprint density at radius 2 is 1.74 bits per heavy atom. The van der Waals surface area contributed by atoms with Gasteiger partial charge in [-0.05, 0) is 84.1 Å². The summed E-state index contributed by atoms with van der Waals surface area (Å²) in [6.45, 7) is 3.72. The Balaban J connectivity index is 2.05. The van der Waals surface area contributed by atoms with Gasteiger partial charge < -0.3 is 14.8 Å². The SMILES string of the molecule is CCCc1cc2oc(-c3ccc(F)cc3)c(C(=O)NC)c2cc1-c1cc(C(=O)O)c(F)cc1C. The van der Waals surface area contributed by atoms with Crippen molar-refractivity contribution in [3.63, 3.8) is 0 Å². The van der Waals surface area contributed by atoms with Crippen LogP contribution in [0.5, 0.6) is 0 Å². The van der Waals surface area contributed by atoms with Gasteiger partial charge in [0.25, 0.3) is 5.91 Å². The van der Waals surface area contributed by atoms with Crippen LogP contribution in [0.1, 0.15) is 45.2 Å². The summed E-state index contributed by atoms with van der Waals surface area (Å²) in [5.41, 5.74) is 3.60. The number of nitrogens with one attached hydrogen (secondary N) is 1. The van der Waals surface area contributed by atoms with Crippen molar-refractivity contribution in [3.8, 4) is 22.5 Å². The minimum Gasteiger partial charge on any atom is -0.478 e. The van der Waals surface area contributed by atoms with Crippen molar-refractivity contribution in [2.75, 3.05) is 7.05 Å². The highest BCUT2D eigenvalue weighted by Gasteiger charge is 2.24. The highest BCUT2D eigenvalue weighted by molar-refractivity contribution is 6.12. The van der Waals surface area contributed by atoms with Crippen LogP contribution >= 0.6 is 0 Å². The van der Waals surface area contributed by atoms with Crippen LogP contribution in [0.25, 0.3) is 33.4 Å². The summed E-state index contributed by atoms with van der Waals surface area (Å²) in [5, 5.41) is 12.6. The largest absolute Gasteiger partial charge is 0.478 e. The maximum absolute atomic E-state index is 14.3. The van der Waals surface area contributed by atoms with Crippen LogP contribution in [0.15, 0.2) is 52.9 Å². The third-order valence-electron chi connectivity index (χ3n) is 5.83. The second kappa shape index (κ2) is 9.09. The summed E-state index contributed by atoms with van der Waals surface area (Å²) in [5.74, 6) is -2.65. The normalized spacial score (nSPS) is 11.1. The number of carboxylic acids is 1. The molecule has 0 bridgehead atoms. The third-order valence-corrected chi connectivity index (χ3v) is 5.83. The second-order valence-corrected chi connectivity index (χ2v) is 8.10. The summed E-state index contributed by atoms with van der Waals surface area (Å²) in [6.07, 6.45) is 1.46. The van der Waals surface area contributed by atoms with Crippen LogP contribution in [-0.2, 0) is 6.42 Å². The van der Waals surface area contributed by atoms with Gasteiger partial charge in [-0.1, -0.05) is 13.3 Å². The highest BCUT2D eigenvalue weighted by atomic mass is 19.1. The van der Waals surface area contributed by atoms with Gasteiger partial charge in [-0.2, -0.15) is 0 Å². The van der Waals surface area contributed by atoms with E-state index in [1.54, 1.807) is 13.0 Å². The number of hydrogen-bond donors (Lipinski definition) is 2. The Morgan fingerprint density at radius 3 is 2.35 bits per heavy atom. The molecule has 0 aliphatic carbocycles. The Hall–Kier alpha value is -4.00. The Morgan fingerprint density at radius 1 is 1.03 bits per heavy atom. The van der Waals surface area contributed by atoms with Crippen LogP contribution < -0.4 is 5.32 Å². The van der Waals surface area contributed by atoms with E-state index in [2.05, 4.69) is 5.32 Å². The average Bonchev–Trinajstić information content (AvgIpc) is 3.17. The molecule has 0 spiro atoms. The molecule has 0 radical (unpaired) electrons. The number of carboxylic acid groups (broad SMARTS) is 1. The van der Waals surface area contributed by atoms with E-state index in [9.17, 15) is 23.5 Å². The number of hydrogen-bond acceptors (Lipinski definition) is 3. The van der Waals surface area contributed by atoms with Crippen LogP contribution in [0.3, 0.4) is 0 Å². The van der Waals surface area contributed by atoms with Crippen LogP contribution in [0.4, 0.5) is 8.78 Å². The van der Waals surface area contributed by atoms with E-state index in [1.807, 2.05) is 13.0 Å². The lowest BCUT2D eigenvalue weighted by Crippen LogP contribution is -2.18. The zero-order valence-electron chi connectivity index (χ0n) is 19.0. The number of rotatable bonds is 6. The minimum atomic E-state index is -1.36. The number of amides is 1. The molecule has 3 aromatic carbocycles. The summed E-state index contributed by atoms with van der Waals surface area (Å²) >= 11 is 0. The van der Waals surface area contributed by atoms with Crippen LogP contribution in [0, 0.1) is 18.6 Å². The van der Waals surface area contributed by atoms with Gasteiger partial charge in [0, 0.05) is 18.0 Å². The molecule has 1 aromatic heterocycles. The molecule has 0 saturated carbocycles. The predicted octanol–water partition coefficient (Wildman–Crippen LogP) is 6.36. The highest BCUT2D eigenvalue weighted by Crippen LogP contribution is 2.39. The van der Waals surface area contributed by atoms with E-state index >= 15 is 0 Å². The maximum atomic E-state index is 14.3. The summed E-state index contributed by atoms with van der Waals surface area (Å²) in [4.78, 5) is 24.5. The first kappa shape index (κ1) is 23.2. The number of carbonyl (C=O) groups is 2. The molecule has 0 aliphatic heterocycles. The van der Waals surface area contributed by atoms with E-state index in [-0.39, 0.29) is 11.5 Å². The molecule has 5 nitrogen and oxygen atoms in total. The van der Waals surface area contributed by atoms with Crippen molar-refractivity contribution >= 4 is 22.8 Å². The van der Waals surface area contributed by atoms with Crippen molar-refractivity contribution in [3.05, 3.63) is 82.4 Å². The first-order valence-electron chi connectivity index (χ1n) is 10.9.